The minimum Gasteiger partial charge on any atom is -0.355 e. The molecule has 3 rings (SSSR count). The maximum absolute atomic E-state index is 13.7. The lowest BCUT2D eigenvalue weighted by molar-refractivity contribution is -0.111. The molecule has 1 heterocycles. The summed E-state index contributed by atoms with van der Waals surface area (Å²) in [7, 11) is 1.54. The van der Waals surface area contributed by atoms with Gasteiger partial charge >= 0.3 is 0 Å². The van der Waals surface area contributed by atoms with E-state index in [0.717, 1.165) is 6.07 Å². The van der Waals surface area contributed by atoms with Crippen LogP contribution in [0.5, 0.6) is 0 Å². The highest BCUT2D eigenvalue weighted by atomic mass is 19.1. The summed E-state index contributed by atoms with van der Waals surface area (Å²) in [5.41, 5.74) is 1.72. The first kappa shape index (κ1) is 21.4. The van der Waals surface area contributed by atoms with Crippen LogP contribution in [-0.4, -0.2) is 29.8 Å². The Morgan fingerprint density at radius 3 is 2.35 bits per heavy atom. The van der Waals surface area contributed by atoms with Gasteiger partial charge in [-0.2, -0.15) is 0 Å². The quantitative estimate of drug-likeness (QED) is 0.534. The molecule has 2 aromatic carbocycles. The van der Waals surface area contributed by atoms with E-state index < -0.39 is 17.6 Å². The van der Waals surface area contributed by atoms with Gasteiger partial charge in [0.2, 0.25) is 5.91 Å². The molecule has 0 aliphatic heterocycles. The molecule has 0 spiro atoms. The van der Waals surface area contributed by atoms with Gasteiger partial charge in [0.1, 0.15) is 11.5 Å². The average molecular weight is 418 g/mol. The highest BCUT2D eigenvalue weighted by Gasteiger charge is 2.12. The number of halogens is 1. The van der Waals surface area contributed by atoms with E-state index in [4.69, 9.17) is 0 Å². The fourth-order valence-corrected chi connectivity index (χ4v) is 2.65. The van der Waals surface area contributed by atoms with Gasteiger partial charge in [0.15, 0.2) is 0 Å². The molecule has 8 heteroatoms. The van der Waals surface area contributed by atoms with E-state index in [2.05, 4.69) is 20.9 Å². The Balaban J connectivity index is 1.70. The van der Waals surface area contributed by atoms with Gasteiger partial charge in [-0.3, -0.25) is 19.4 Å². The van der Waals surface area contributed by atoms with Gasteiger partial charge in [-0.1, -0.05) is 18.2 Å². The number of benzene rings is 2. The maximum atomic E-state index is 13.7. The molecule has 0 fully saturated rings. The van der Waals surface area contributed by atoms with Crippen molar-refractivity contribution in [2.45, 2.75) is 0 Å². The molecule has 3 aromatic rings. The lowest BCUT2D eigenvalue weighted by Crippen LogP contribution is -2.17. The summed E-state index contributed by atoms with van der Waals surface area (Å²) in [6.45, 7) is 0. The van der Waals surface area contributed by atoms with Crippen LogP contribution >= 0.6 is 0 Å². The van der Waals surface area contributed by atoms with Crippen molar-refractivity contribution < 1.29 is 18.8 Å². The van der Waals surface area contributed by atoms with Crippen molar-refractivity contribution >= 4 is 35.2 Å². The molecule has 0 aliphatic carbocycles. The Labute approximate surface area is 178 Å². The molecule has 1 aromatic heterocycles. The number of anilines is 2. The minimum atomic E-state index is -0.570. The molecular formula is C23H19FN4O3. The molecule has 0 saturated heterocycles. The van der Waals surface area contributed by atoms with Crippen molar-refractivity contribution in [3.05, 3.63) is 95.6 Å². The number of carbonyl (C=O) groups is 3. The predicted molar refractivity (Wildman–Crippen MR) is 116 cm³/mol. The molecule has 7 nitrogen and oxygen atoms in total. The Hall–Kier alpha value is -4.33. The standard InChI is InChI=1S/C23H19FN4O3/c1-25-22(30)16-8-5-15(6-9-16)7-12-21(29)27-20-14-17(24)10-11-18(20)28-23(31)19-4-2-3-13-26-19/h2-14H,1H3,(H,25,30)(H,27,29)(H,28,31)/b12-7+. The molecule has 0 unspecified atom stereocenters. The summed E-state index contributed by atoms with van der Waals surface area (Å²) in [6, 6.07) is 15.2. The van der Waals surface area contributed by atoms with Crippen molar-refractivity contribution in [2.24, 2.45) is 0 Å². The van der Waals surface area contributed by atoms with Crippen molar-refractivity contribution in [3.63, 3.8) is 0 Å². The molecular weight excluding hydrogens is 399 g/mol. The normalized spacial score (nSPS) is 10.5. The highest BCUT2D eigenvalue weighted by molar-refractivity contribution is 6.08. The first-order valence-corrected chi connectivity index (χ1v) is 9.29. The SMILES string of the molecule is CNC(=O)c1ccc(/C=C/C(=O)Nc2cc(F)ccc2NC(=O)c2ccccn2)cc1. The second-order valence-corrected chi connectivity index (χ2v) is 6.38. The summed E-state index contributed by atoms with van der Waals surface area (Å²) in [5, 5.41) is 7.69. The van der Waals surface area contributed by atoms with Crippen LogP contribution in [0.2, 0.25) is 0 Å². The number of carbonyl (C=O) groups excluding carboxylic acids is 3. The monoisotopic (exact) mass is 418 g/mol. The van der Waals surface area contributed by atoms with Crippen LogP contribution < -0.4 is 16.0 Å². The zero-order valence-corrected chi connectivity index (χ0v) is 16.6. The molecule has 31 heavy (non-hydrogen) atoms. The summed E-state index contributed by atoms with van der Waals surface area (Å²) in [4.78, 5) is 40.2. The van der Waals surface area contributed by atoms with Crippen LogP contribution in [0.1, 0.15) is 26.4 Å². The zero-order valence-electron chi connectivity index (χ0n) is 16.6. The van der Waals surface area contributed by atoms with E-state index in [1.807, 2.05) is 0 Å². The highest BCUT2D eigenvalue weighted by Crippen LogP contribution is 2.23. The van der Waals surface area contributed by atoms with Crippen LogP contribution in [0.4, 0.5) is 15.8 Å². The average Bonchev–Trinajstić information content (AvgIpc) is 2.79. The van der Waals surface area contributed by atoms with E-state index in [9.17, 15) is 18.8 Å². The largest absolute Gasteiger partial charge is 0.355 e. The second kappa shape index (κ2) is 9.93. The Kier molecular flexibility index (Phi) is 6.85. The Bertz CT molecular complexity index is 1130. The zero-order chi connectivity index (χ0) is 22.2. The van der Waals surface area contributed by atoms with E-state index in [1.54, 1.807) is 49.5 Å². The number of nitrogens with zero attached hydrogens (tertiary/aromatic N) is 1. The van der Waals surface area contributed by atoms with Crippen molar-refractivity contribution in [1.29, 1.82) is 0 Å². The number of amides is 3. The summed E-state index contributed by atoms with van der Waals surface area (Å²) >= 11 is 0. The topological polar surface area (TPSA) is 100 Å². The third-order valence-electron chi connectivity index (χ3n) is 4.21. The lowest BCUT2D eigenvalue weighted by Gasteiger charge is -2.11. The Morgan fingerprint density at radius 1 is 0.903 bits per heavy atom. The molecule has 0 aliphatic rings. The van der Waals surface area contributed by atoms with E-state index >= 15 is 0 Å². The molecule has 156 valence electrons. The van der Waals surface area contributed by atoms with Gasteiger partial charge in [-0.25, -0.2) is 4.39 Å². The van der Waals surface area contributed by atoms with Crippen LogP contribution in [0, 0.1) is 5.82 Å². The number of hydrogen-bond donors (Lipinski definition) is 3. The predicted octanol–water partition coefficient (Wildman–Crippen LogP) is 3.48. The fourth-order valence-electron chi connectivity index (χ4n) is 2.65. The van der Waals surface area contributed by atoms with Gasteiger partial charge in [0, 0.05) is 24.9 Å². The first-order valence-electron chi connectivity index (χ1n) is 9.29. The van der Waals surface area contributed by atoms with E-state index in [1.165, 1.54) is 30.5 Å². The third kappa shape index (κ3) is 5.83. The van der Waals surface area contributed by atoms with Gasteiger partial charge in [0.25, 0.3) is 11.8 Å². The van der Waals surface area contributed by atoms with Gasteiger partial charge in [-0.15, -0.1) is 0 Å². The Morgan fingerprint density at radius 2 is 1.68 bits per heavy atom. The van der Waals surface area contributed by atoms with Gasteiger partial charge in [0.05, 0.1) is 11.4 Å². The number of nitrogens with one attached hydrogen (secondary N) is 3. The van der Waals surface area contributed by atoms with E-state index in [-0.39, 0.29) is 23.0 Å². The van der Waals surface area contributed by atoms with Crippen molar-refractivity contribution in [3.8, 4) is 0 Å². The van der Waals surface area contributed by atoms with Crippen LogP contribution in [0.3, 0.4) is 0 Å². The molecule has 0 radical (unpaired) electrons. The maximum Gasteiger partial charge on any atom is 0.274 e. The second-order valence-electron chi connectivity index (χ2n) is 6.38. The smallest absolute Gasteiger partial charge is 0.274 e. The molecule has 0 atom stereocenters. The fraction of sp³-hybridized carbons (Fsp3) is 0.0435. The molecule has 0 bridgehead atoms. The summed E-state index contributed by atoms with van der Waals surface area (Å²) < 4.78 is 13.7. The minimum absolute atomic E-state index is 0.105. The first-order chi connectivity index (χ1) is 15.0. The van der Waals surface area contributed by atoms with E-state index in [0.29, 0.717) is 11.1 Å². The summed E-state index contributed by atoms with van der Waals surface area (Å²) in [6.07, 6.45) is 4.30. The lowest BCUT2D eigenvalue weighted by atomic mass is 10.1. The van der Waals surface area contributed by atoms with Gasteiger partial charge in [-0.05, 0) is 54.1 Å². The number of hydrogen-bond acceptors (Lipinski definition) is 4. The van der Waals surface area contributed by atoms with Crippen molar-refractivity contribution in [2.75, 3.05) is 17.7 Å². The van der Waals surface area contributed by atoms with Gasteiger partial charge < -0.3 is 16.0 Å². The molecule has 0 saturated carbocycles. The van der Waals surface area contributed by atoms with Crippen LogP contribution in [0.25, 0.3) is 6.08 Å². The van der Waals surface area contributed by atoms with Crippen molar-refractivity contribution in [1.82, 2.24) is 10.3 Å². The molecule has 3 N–H and O–H groups in total. The third-order valence-corrected chi connectivity index (χ3v) is 4.21. The summed E-state index contributed by atoms with van der Waals surface area (Å²) in [5.74, 6) is -1.79. The van der Waals surface area contributed by atoms with Crippen LogP contribution in [-0.2, 0) is 4.79 Å². The number of aromatic nitrogens is 1. The number of rotatable bonds is 6. The molecule has 3 amide bonds. The van der Waals surface area contributed by atoms with Crippen LogP contribution in [0.15, 0.2) is 72.9 Å². The number of pyridine rings is 1.